The van der Waals surface area contributed by atoms with Gasteiger partial charge in [0.05, 0.1) is 0 Å². The molecule has 1 N–H and O–H groups in total. The Balaban J connectivity index is 1.96. The van der Waals surface area contributed by atoms with Crippen LogP contribution in [-0.4, -0.2) is 53.9 Å². The normalized spacial score (nSPS) is 17.6. The summed E-state index contributed by atoms with van der Waals surface area (Å²) in [6.07, 6.45) is -3.55. The van der Waals surface area contributed by atoms with Gasteiger partial charge in [0, 0.05) is 6.54 Å². The minimum atomic E-state index is -4.49. The average Bonchev–Trinajstić information content (AvgIpc) is 3.00. The summed E-state index contributed by atoms with van der Waals surface area (Å²) in [6.45, 7) is -1.64. The molecule has 1 saturated heterocycles. The monoisotopic (exact) mass is 347 g/mol. The van der Waals surface area contributed by atoms with Crippen LogP contribution < -0.4 is 9.47 Å². The van der Waals surface area contributed by atoms with E-state index in [2.05, 4.69) is 4.74 Å². The molecule has 0 aromatic heterocycles. The maximum Gasteiger partial charge on any atom is 0.422 e. The molecule has 1 aromatic rings. The molecule has 0 aliphatic carbocycles. The molecule has 1 aliphatic heterocycles. The predicted molar refractivity (Wildman–Crippen MR) is 75.9 cm³/mol. The summed E-state index contributed by atoms with van der Waals surface area (Å²) in [5.74, 6) is -1.78. The second-order valence-electron chi connectivity index (χ2n) is 5.22. The molecule has 0 unspecified atom stereocenters. The predicted octanol–water partition coefficient (Wildman–Crippen LogP) is 2.08. The first-order chi connectivity index (χ1) is 11.3. The summed E-state index contributed by atoms with van der Waals surface area (Å²) < 4.78 is 46.6. The second-order valence-corrected chi connectivity index (χ2v) is 5.22. The Bertz CT molecular complexity index is 605. The van der Waals surface area contributed by atoms with E-state index in [0.29, 0.717) is 19.4 Å². The van der Waals surface area contributed by atoms with E-state index in [1.165, 1.54) is 29.2 Å². The number of ether oxygens (including phenoxy) is 2. The smallest absolute Gasteiger partial charge is 0.422 e. The zero-order valence-electron chi connectivity index (χ0n) is 12.6. The van der Waals surface area contributed by atoms with Crippen LogP contribution in [-0.2, 0) is 9.59 Å². The van der Waals surface area contributed by atoms with E-state index in [1.54, 1.807) is 0 Å². The van der Waals surface area contributed by atoms with Gasteiger partial charge in [-0.2, -0.15) is 13.2 Å². The van der Waals surface area contributed by atoms with Gasteiger partial charge in [0.2, 0.25) is 0 Å². The van der Waals surface area contributed by atoms with E-state index in [9.17, 15) is 22.8 Å². The molecule has 0 bridgehead atoms. The van der Waals surface area contributed by atoms with Crippen LogP contribution in [0.5, 0.6) is 11.5 Å². The SMILES string of the molecule is O=C(O)[C@H]1CCCN1C(=O)COc1ccccc1OCC(F)(F)F. The van der Waals surface area contributed by atoms with Gasteiger partial charge in [-0.05, 0) is 25.0 Å². The molecule has 1 aliphatic rings. The molecule has 24 heavy (non-hydrogen) atoms. The Kier molecular flexibility index (Phi) is 5.53. The maximum absolute atomic E-state index is 12.2. The fraction of sp³-hybridized carbons (Fsp3) is 0.467. The van der Waals surface area contributed by atoms with Gasteiger partial charge in [-0.1, -0.05) is 12.1 Å². The van der Waals surface area contributed by atoms with Crippen LogP contribution in [0.15, 0.2) is 24.3 Å². The lowest BCUT2D eigenvalue weighted by Gasteiger charge is -2.21. The Morgan fingerprint density at radius 1 is 1.21 bits per heavy atom. The van der Waals surface area contributed by atoms with Gasteiger partial charge in [0.1, 0.15) is 6.04 Å². The van der Waals surface area contributed by atoms with Crippen molar-refractivity contribution in [1.82, 2.24) is 4.90 Å². The zero-order chi connectivity index (χ0) is 17.7. The summed E-state index contributed by atoms with van der Waals surface area (Å²) in [5.41, 5.74) is 0. The fourth-order valence-electron chi connectivity index (χ4n) is 2.39. The number of aliphatic carboxylic acids is 1. The topological polar surface area (TPSA) is 76.1 Å². The van der Waals surface area contributed by atoms with Crippen molar-refractivity contribution in [2.45, 2.75) is 25.1 Å². The zero-order valence-corrected chi connectivity index (χ0v) is 12.6. The van der Waals surface area contributed by atoms with Crippen molar-refractivity contribution in [3.05, 3.63) is 24.3 Å². The van der Waals surface area contributed by atoms with Crippen LogP contribution in [0.4, 0.5) is 13.2 Å². The lowest BCUT2D eigenvalue weighted by molar-refractivity contribution is -0.153. The molecule has 9 heteroatoms. The third-order valence-corrected chi connectivity index (χ3v) is 3.45. The number of hydrogen-bond donors (Lipinski definition) is 1. The van der Waals surface area contributed by atoms with E-state index in [1.807, 2.05) is 0 Å². The van der Waals surface area contributed by atoms with Crippen molar-refractivity contribution in [3.63, 3.8) is 0 Å². The number of carboxylic acid groups (broad SMARTS) is 1. The molecule has 1 fully saturated rings. The van der Waals surface area contributed by atoms with E-state index >= 15 is 0 Å². The highest BCUT2D eigenvalue weighted by Gasteiger charge is 2.34. The highest BCUT2D eigenvalue weighted by atomic mass is 19.4. The number of rotatable bonds is 6. The molecule has 0 radical (unpaired) electrons. The van der Waals surface area contributed by atoms with Crippen LogP contribution >= 0.6 is 0 Å². The number of nitrogens with zero attached hydrogens (tertiary/aromatic N) is 1. The Morgan fingerprint density at radius 3 is 2.42 bits per heavy atom. The van der Waals surface area contributed by atoms with Gasteiger partial charge in [-0.25, -0.2) is 4.79 Å². The summed E-state index contributed by atoms with van der Waals surface area (Å²) in [5, 5.41) is 9.05. The largest absolute Gasteiger partial charge is 0.480 e. The Hall–Kier alpha value is -2.45. The third-order valence-electron chi connectivity index (χ3n) is 3.45. The number of likely N-dealkylation sites (tertiary alicyclic amines) is 1. The van der Waals surface area contributed by atoms with Crippen LogP contribution in [0, 0.1) is 0 Å². The van der Waals surface area contributed by atoms with Crippen molar-refractivity contribution in [2.75, 3.05) is 19.8 Å². The highest BCUT2D eigenvalue weighted by molar-refractivity contribution is 5.85. The van der Waals surface area contributed by atoms with Gasteiger partial charge in [-0.15, -0.1) is 0 Å². The molecular formula is C15H16F3NO5. The summed E-state index contributed by atoms with van der Waals surface area (Å²) >= 11 is 0. The molecule has 6 nitrogen and oxygen atoms in total. The minimum Gasteiger partial charge on any atom is -0.480 e. The second kappa shape index (κ2) is 7.41. The number of carboxylic acids is 1. The maximum atomic E-state index is 12.2. The van der Waals surface area contributed by atoms with Crippen LogP contribution in [0.1, 0.15) is 12.8 Å². The first kappa shape index (κ1) is 17.9. The number of para-hydroxylation sites is 2. The van der Waals surface area contributed by atoms with Crippen molar-refractivity contribution in [3.8, 4) is 11.5 Å². The molecule has 1 amide bonds. The van der Waals surface area contributed by atoms with Crippen LogP contribution in [0.3, 0.4) is 0 Å². The number of carbonyl (C=O) groups excluding carboxylic acids is 1. The molecule has 132 valence electrons. The van der Waals surface area contributed by atoms with Gasteiger partial charge in [0.25, 0.3) is 5.91 Å². The van der Waals surface area contributed by atoms with Crippen LogP contribution in [0.25, 0.3) is 0 Å². The Labute approximate surface area is 135 Å². The van der Waals surface area contributed by atoms with E-state index < -0.39 is 37.3 Å². The molecule has 2 rings (SSSR count). The lowest BCUT2D eigenvalue weighted by atomic mass is 10.2. The fourth-order valence-corrected chi connectivity index (χ4v) is 2.39. The van der Waals surface area contributed by atoms with E-state index in [0.717, 1.165) is 0 Å². The highest BCUT2D eigenvalue weighted by Crippen LogP contribution is 2.28. The first-order valence-corrected chi connectivity index (χ1v) is 7.21. The summed E-state index contributed by atoms with van der Waals surface area (Å²) in [7, 11) is 0. The average molecular weight is 347 g/mol. The number of alkyl halides is 3. The van der Waals surface area contributed by atoms with Crippen molar-refractivity contribution < 1.29 is 37.3 Å². The number of benzene rings is 1. The first-order valence-electron chi connectivity index (χ1n) is 7.21. The number of halogens is 3. The van der Waals surface area contributed by atoms with Gasteiger partial charge in [-0.3, -0.25) is 4.79 Å². The quantitative estimate of drug-likeness (QED) is 0.853. The molecule has 1 heterocycles. The molecular weight excluding hydrogens is 331 g/mol. The van der Waals surface area contributed by atoms with Gasteiger partial charge in [0.15, 0.2) is 24.7 Å². The van der Waals surface area contributed by atoms with E-state index in [-0.39, 0.29) is 11.5 Å². The summed E-state index contributed by atoms with van der Waals surface area (Å²) in [6, 6.07) is 4.77. The molecule has 0 spiro atoms. The molecule has 1 atom stereocenters. The molecule has 0 saturated carbocycles. The number of hydrogen-bond acceptors (Lipinski definition) is 4. The van der Waals surface area contributed by atoms with Gasteiger partial charge < -0.3 is 19.5 Å². The van der Waals surface area contributed by atoms with E-state index in [4.69, 9.17) is 9.84 Å². The standard InChI is InChI=1S/C15H16F3NO5/c16-15(17,18)9-24-12-6-2-1-5-11(12)23-8-13(20)19-7-3-4-10(19)14(21)22/h1-2,5-6,10H,3-4,7-9H2,(H,21,22)/t10-/m1/s1. The lowest BCUT2D eigenvalue weighted by Crippen LogP contribution is -2.42. The van der Waals surface area contributed by atoms with Crippen LogP contribution in [0.2, 0.25) is 0 Å². The Morgan fingerprint density at radius 2 is 1.83 bits per heavy atom. The number of carbonyl (C=O) groups is 2. The van der Waals surface area contributed by atoms with Crippen molar-refractivity contribution in [1.29, 1.82) is 0 Å². The molecule has 1 aromatic carbocycles. The van der Waals surface area contributed by atoms with Crippen molar-refractivity contribution >= 4 is 11.9 Å². The van der Waals surface area contributed by atoms with Crippen molar-refractivity contribution in [2.24, 2.45) is 0 Å². The number of amides is 1. The third kappa shape index (κ3) is 4.77. The van der Waals surface area contributed by atoms with Gasteiger partial charge >= 0.3 is 12.1 Å². The minimum absolute atomic E-state index is 0.0128. The summed E-state index contributed by atoms with van der Waals surface area (Å²) in [4.78, 5) is 24.3.